The molecule has 2 aromatic rings. The Morgan fingerprint density at radius 1 is 0.968 bits per heavy atom. The van der Waals surface area contributed by atoms with Crippen LogP contribution in [-0.4, -0.2) is 55.9 Å². The highest BCUT2D eigenvalue weighted by Gasteiger charge is 2.29. The molecule has 2 N–H and O–H groups in total. The SMILES string of the molecule is COc1cccc(-c2ccc(C(CN3CCNCC3)C3CCC(O)CC3)cc2)c1.Cl.Cl. The maximum Gasteiger partial charge on any atom is 0.119 e. The number of ether oxygens (including phenoxy) is 1. The van der Waals surface area contributed by atoms with E-state index in [4.69, 9.17) is 4.74 Å². The van der Waals surface area contributed by atoms with Crippen molar-refractivity contribution in [3.8, 4) is 16.9 Å². The highest BCUT2D eigenvalue weighted by Crippen LogP contribution is 2.37. The number of hydrogen-bond acceptors (Lipinski definition) is 4. The summed E-state index contributed by atoms with van der Waals surface area (Å²) in [6.45, 7) is 5.57. The average Bonchev–Trinajstić information content (AvgIpc) is 2.79. The van der Waals surface area contributed by atoms with Crippen LogP contribution in [0.5, 0.6) is 5.75 Å². The Bertz CT molecular complexity index is 773. The van der Waals surface area contributed by atoms with Crippen molar-refractivity contribution in [2.75, 3.05) is 39.8 Å². The first-order valence-corrected chi connectivity index (χ1v) is 11.1. The number of piperazine rings is 1. The molecule has 2 aromatic carbocycles. The van der Waals surface area contributed by atoms with Gasteiger partial charge in [-0.25, -0.2) is 0 Å². The molecule has 0 bridgehead atoms. The van der Waals surface area contributed by atoms with E-state index in [1.54, 1.807) is 7.11 Å². The Balaban J connectivity index is 0.00000171. The van der Waals surface area contributed by atoms with E-state index in [9.17, 15) is 5.11 Å². The number of aliphatic hydroxyl groups is 1. The lowest BCUT2D eigenvalue weighted by Gasteiger charge is -2.37. The number of halogens is 2. The van der Waals surface area contributed by atoms with Gasteiger partial charge in [-0.3, -0.25) is 0 Å². The molecular weight excluding hydrogens is 431 g/mol. The molecule has 1 atom stereocenters. The Kier molecular flexibility index (Phi) is 10.6. The Morgan fingerprint density at radius 2 is 1.65 bits per heavy atom. The molecule has 2 aliphatic rings. The molecule has 31 heavy (non-hydrogen) atoms. The van der Waals surface area contributed by atoms with Crippen LogP contribution in [0.25, 0.3) is 11.1 Å². The van der Waals surface area contributed by atoms with Crippen molar-refractivity contribution < 1.29 is 9.84 Å². The first kappa shape index (κ1) is 26.0. The number of nitrogens with one attached hydrogen (secondary N) is 1. The lowest BCUT2D eigenvalue weighted by molar-refractivity contribution is 0.0932. The van der Waals surface area contributed by atoms with Crippen molar-refractivity contribution in [3.63, 3.8) is 0 Å². The largest absolute Gasteiger partial charge is 0.497 e. The fourth-order valence-electron chi connectivity index (χ4n) is 4.93. The zero-order chi connectivity index (χ0) is 20.1. The molecule has 4 rings (SSSR count). The molecule has 172 valence electrons. The predicted molar refractivity (Wildman–Crippen MR) is 133 cm³/mol. The van der Waals surface area contributed by atoms with Gasteiger partial charge in [-0.15, -0.1) is 24.8 Å². The fourth-order valence-corrected chi connectivity index (χ4v) is 4.93. The summed E-state index contributed by atoms with van der Waals surface area (Å²) in [5.74, 6) is 2.10. The summed E-state index contributed by atoms with van der Waals surface area (Å²) >= 11 is 0. The van der Waals surface area contributed by atoms with Gasteiger partial charge >= 0.3 is 0 Å². The van der Waals surface area contributed by atoms with Crippen LogP contribution in [-0.2, 0) is 0 Å². The monoisotopic (exact) mass is 466 g/mol. The van der Waals surface area contributed by atoms with Crippen molar-refractivity contribution in [2.45, 2.75) is 37.7 Å². The van der Waals surface area contributed by atoms with Crippen LogP contribution >= 0.6 is 24.8 Å². The molecule has 0 spiro atoms. The van der Waals surface area contributed by atoms with E-state index in [1.807, 2.05) is 12.1 Å². The van der Waals surface area contributed by atoms with Crippen LogP contribution < -0.4 is 10.1 Å². The smallest absolute Gasteiger partial charge is 0.119 e. The minimum atomic E-state index is -0.0958. The number of rotatable bonds is 6. The molecule has 6 heteroatoms. The first-order chi connectivity index (χ1) is 14.2. The molecule has 1 unspecified atom stereocenters. The molecule has 2 fully saturated rings. The van der Waals surface area contributed by atoms with Gasteiger partial charge in [0.1, 0.15) is 5.75 Å². The van der Waals surface area contributed by atoms with Gasteiger partial charge in [-0.2, -0.15) is 0 Å². The summed E-state index contributed by atoms with van der Waals surface area (Å²) in [5, 5.41) is 13.4. The predicted octanol–water partition coefficient (Wildman–Crippen LogP) is 4.75. The molecule has 1 aliphatic heterocycles. The highest BCUT2D eigenvalue weighted by atomic mass is 35.5. The van der Waals surface area contributed by atoms with Gasteiger partial charge in [0.2, 0.25) is 0 Å². The fraction of sp³-hybridized carbons (Fsp3) is 0.520. The van der Waals surface area contributed by atoms with Crippen LogP contribution in [0.4, 0.5) is 0 Å². The second-order valence-corrected chi connectivity index (χ2v) is 8.58. The third-order valence-electron chi connectivity index (χ3n) is 6.72. The number of aliphatic hydroxyl groups excluding tert-OH is 1. The Labute approximate surface area is 199 Å². The summed E-state index contributed by atoms with van der Waals surface area (Å²) in [7, 11) is 1.71. The molecule has 1 saturated heterocycles. The molecule has 4 nitrogen and oxygen atoms in total. The highest BCUT2D eigenvalue weighted by molar-refractivity contribution is 5.85. The lowest BCUT2D eigenvalue weighted by atomic mass is 9.75. The van der Waals surface area contributed by atoms with Crippen LogP contribution in [0, 0.1) is 5.92 Å². The molecule has 1 heterocycles. The van der Waals surface area contributed by atoms with Gasteiger partial charge in [-0.1, -0.05) is 36.4 Å². The Morgan fingerprint density at radius 3 is 2.29 bits per heavy atom. The second-order valence-electron chi connectivity index (χ2n) is 8.58. The van der Waals surface area contributed by atoms with E-state index < -0.39 is 0 Å². The molecule has 0 radical (unpaired) electrons. The molecule has 1 saturated carbocycles. The van der Waals surface area contributed by atoms with E-state index in [0.717, 1.165) is 64.2 Å². The molecule has 0 amide bonds. The van der Waals surface area contributed by atoms with Gasteiger partial charge in [0, 0.05) is 32.7 Å². The minimum Gasteiger partial charge on any atom is -0.497 e. The van der Waals surface area contributed by atoms with E-state index in [2.05, 4.69) is 46.6 Å². The van der Waals surface area contributed by atoms with E-state index in [1.165, 1.54) is 16.7 Å². The summed E-state index contributed by atoms with van der Waals surface area (Å²) in [6.07, 6.45) is 4.07. The zero-order valence-electron chi connectivity index (χ0n) is 18.3. The van der Waals surface area contributed by atoms with Crippen LogP contribution in [0.15, 0.2) is 48.5 Å². The van der Waals surface area contributed by atoms with Gasteiger partial charge in [0.15, 0.2) is 0 Å². The number of benzene rings is 2. The maximum atomic E-state index is 9.98. The summed E-state index contributed by atoms with van der Waals surface area (Å²) in [4.78, 5) is 2.61. The molecular formula is C25H36Cl2N2O2. The molecule has 1 aliphatic carbocycles. The topological polar surface area (TPSA) is 44.7 Å². The average molecular weight is 467 g/mol. The third kappa shape index (κ3) is 6.84. The molecule has 0 aromatic heterocycles. The first-order valence-electron chi connectivity index (χ1n) is 11.1. The quantitative estimate of drug-likeness (QED) is 0.644. The van der Waals surface area contributed by atoms with E-state index in [-0.39, 0.29) is 30.9 Å². The third-order valence-corrected chi connectivity index (χ3v) is 6.72. The number of nitrogens with zero attached hydrogens (tertiary/aromatic N) is 1. The van der Waals surface area contributed by atoms with Gasteiger partial charge in [0.05, 0.1) is 13.2 Å². The van der Waals surface area contributed by atoms with Crippen molar-refractivity contribution in [2.24, 2.45) is 5.92 Å². The van der Waals surface area contributed by atoms with E-state index in [0.29, 0.717) is 11.8 Å². The van der Waals surface area contributed by atoms with Gasteiger partial charge in [0.25, 0.3) is 0 Å². The Hall–Kier alpha value is -1.30. The van der Waals surface area contributed by atoms with Gasteiger partial charge in [-0.05, 0) is 66.3 Å². The van der Waals surface area contributed by atoms with Crippen LogP contribution in [0.3, 0.4) is 0 Å². The van der Waals surface area contributed by atoms with E-state index >= 15 is 0 Å². The maximum absolute atomic E-state index is 9.98. The van der Waals surface area contributed by atoms with Crippen molar-refractivity contribution in [3.05, 3.63) is 54.1 Å². The van der Waals surface area contributed by atoms with Crippen molar-refractivity contribution in [1.82, 2.24) is 10.2 Å². The summed E-state index contributed by atoms with van der Waals surface area (Å²) < 4.78 is 5.38. The number of hydrogen-bond donors (Lipinski definition) is 2. The standard InChI is InChI=1S/C25H34N2O2.2ClH/c1-29-24-4-2-3-22(17-24)19-5-7-20(8-6-19)25(18-27-15-13-26-14-16-27)21-9-11-23(28)12-10-21;;/h2-8,17,21,23,25-26,28H,9-16,18H2,1H3;2*1H. The summed E-state index contributed by atoms with van der Waals surface area (Å²) in [5.41, 5.74) is 3.86. The minimum absolute atomic E-state index is 0. The van der Waals surface area contributed by atoms with Gasteiger partial charge < -0.3 is 20.1 Å². The zero-order valence-corrected chi connectivity index (χ0v) is 20.0. The summed E-state index contributed by atoms with van der Waals surface area (Å²) in [6, 6.07) is 17.4. The van der Waals surface area contributed by atoms with Crippen molar-refractivity contribution in [1.29, 1.82) is 0 Å². The van der Waals surface area contributed by atoms with Crippen LogP contribution in [0.1, 0.15) is 37.2 Å². The van der Waals surface area contributed by atoms with Crippen molar-refractivity contribution >= 4 is 24.8 Å². The lowest BCUT2D eigenvalue weighted by Crippen LogP contribution is -2.46. The number of methoxy groups -OCH3 is 1. The van der Waals surface area contributed by atoms with Crippen LogP contribution in [0.2, 0.25) is 0 Å². The normalized spacial score (nSPS) is 22.6. The second kappa shape index (κ2) is 12.7.